The first-order chi connectivity index (χ1) is 18.9. The van der Waals surface area contributed by atoms with E-state index in [4.69, 9.17) is 4.98 Å². The highest BCUT2D eigenvalue weighted by molar-refractivity contribution is 6.16. The van der Waals surface area contributed by atoms with Gasteiger partial charge in [-0.15, -0.1) is 0 Å². The summed E-state index contributed by atoms with van der Waals surface area (Å²) in [6.07, 6.45) is 0. The van der Waals surface area contributed by atoms with E-state index in [-0.39, 0.29) is 0 Å². The molecule has 0 spiro atoms. The third-order valence-corrected chi connectivity index (χ3v) is 7.53. The van der Waals surface area contributed by atoms with Crippen LogP contribution in [0.15, 0.2) is 140 Å². The molecule has 0 amide bonds. The molecule has 0 aliphatic carbocycles. The molecule has 3 nitrogen and oxygen atoms in total. The van der Waals surface area contributed by atoms with E-state index >= 15 is 0 Å². The molecule has 8 aromatic rings. The van der Waals surface area contributed by atoms with Gasteiger partial charge in [-0.3, -0.25) is 4.57 Å². The number of hydrogen-bond donors (Lipinski definition) is 0. The van der Waals surface area contributed by atoms with E-state index in [0.717, 1.165) is 28.1 Å². The first kappa shape index (κ1) is 21.0. The van der Waals surface area contributed by atoms with Gasteiger partial charge in [0.2, 0.25) is 0 Å². The standard InChI is InChI=1S/C35H23N3/c1-2-12-24(13-3-1)28-17-10-23-34(36-28)38-31-20-9-6-16-27(31)35-32(21-11-22-33(35)38)37-29-18-7-4-14-25(29)26-15-5-8-19-30(26)37/h1-23H. The molecule has 0 fully saturated rings. The van der Waals surface area contributed by atoms with Crippen molar-refractivity contribution in [1.82, 2.24) is 14.1 Å². The van der Waals surface area contributed by atoms with E-state index in [1.165, 1.54) is 38.3 Å². The summed E-state index contributed by atoms with van der Waals surface area (Å²) in [5, 5.41) is 4.97. The zero-order valence-corrected chi connectivity index (χ0v) is 20.6. The van der Waals surface area contributed by atoms with Gasteiger partial charge in [-0.25, -0.2) is 4.98 Å². The van der Waals surface area contributed by atoms with E-state index in [1.54, 1.807) is 0 Å². The molecular formula is C35H23N3. The summed E-state index contributed by atoms with van der Waals surface area (Å²) >= 11 is 0. The SMILES string of the molecule is c1ccc(-c2cccc(-n3c4ccccc4c4c(-n5c6ccccc6c6ccccc65)cccc43)n2)cc1. The molecule has 0 aliphatic rings. The minimum absolute atomic E-state index is 0.914. The number of fused-ring (bicyclic) bond motifs is 6. The molecule has 0 saturated carbocycles. The smallest absolute Gasteiger partial charge is 0.138 e. The predicted molar refractivity (Wildman–Crippen MR) is 158 cm³/mol. The second-order valence-electron chi connectivity index (χ2n) is 9.64. The Labute approximate surface area is 219 Å². The summed E-state index contributed by atoms with van der Waals surface area (Å²) in [6.45, 7) is 0. The maximum atomic E-state index is 5.13. The van der Waals surface area contributed by atoms with Gasteiger partial charge in [-0.1, -0.05) is 97.1 Å². The Morgan fingerprint density at radius 1 is 0.395 bits per heavy atom. The maximum Gasteiger partial charge on any atom is 0.138 e. The molecular weight excluding hydrogens is 462 g/mol. The van der Waals surface area contributed by atoms with Crippen molar-refractivity contribution in [2.75, 3.05) is 0 Å². The average Bonchev–Trinajstić information content (AvgIpc) is 3.51. The molecule has 0 unspecified atom stereocenters. The zero-order valence-electron chi connectivity index (χ0n) is 20.6. The zero-order chi connectivity index (χ0) is 25.1. The van der Waals surface area contributed by atoms with Gasteiger partial charge in [0.15, 0.2) is 0 Å². The molecule has 178 valence electrons. The van der Waals surface area contributed by atoms with Gasteiger partial charge in [0.25, 0.3) is 0 Å². The fourth-order valence-corrected chi connectivity index (χ4v) is 5.93. The van der Waals surface area contributed by atoms with Crippen LogP contribution in [0.3, 0.4) is 0 Å². The summed E-state index contributed by atoms with van der Waals surface area (Å²) in [4.78, 5) is 5.13. The number of hydrogen-bond acceptors (Lipinski definition) is 1. The molecule has 0 bridgehead atoms. The van der Waals surface area contributed by atoms with Crippen LogP contribution in [0.2, 0.25) is 0 Å². The van der Waals surface area contributed by atoms with Crippen molar-refractivity contribution >= 4 is 43.6 Å². The van der Waals surface area contributed by atoms with E-state index < -0.39 is 0 Å². The molecule has 3 heterocycles. The van der Waals surface area contributed by atoms with Crippen molar-refractivity contribution in [3.05, 3.63) is 140 Å². The summed E-state index contributed by atoms with van der Waals surface area (Å²) in [5.41, 5.74) is 7.96. The first-order valence-corrected chi connectivity index (χ1v) is 12.9. The van der Waals surface area contributed by atoms with Gasteiger partial charge >= 0.3 is 0 Å². The highest BCUT2D eigenvalue weighted by Crippen LogP contribution is 2.39. The molecule has 0 aliphatic heterocycles. The van der Waals surface area contributed by atoms with Crippen LogP contribution >= 0.6 is 0 Å². The lowest BCUT2D eigenvalue weighted by Gasteiger charge is -2.11. The molecule has 0 atom stereocenters. The fraction of sp³-hybridized carbons (Fsp3) is 0. The summed E-state index contributed by atoms with van der Waals surface area (Å²) in [6, 6.07) is 49.3. The van der Waals surface area contributed by atoms with Crippen molar-refractivity contribution in [1.29, 1.82) is 0 Å². The second kappa shape index (κ2) is 8.19. The molecule has 0 radical (unpaired) electrons. The summed E-state index contributed by atoms with van der Waals surface area (Å²) in [5.74, 6) is 0.914. The average molecular weight is 486 g/mol. The number of rotatable bonds is 3. The van der Waals surface area contributed by atoms with E-state index in [1.807, 2.05) is 6.07 Å². The number of nitrogens with zero attached hydrogens (tertiary/aromatic N) is 3. The second-order valence-corrected chi connectivity index (χ2v) is 9.64. The monoisotopic (exact) mass is 485 g/mol. The van der Waals surface area contributed by atoms with E-state index in [2.05, 4.69) is 143 Å². The number of aromatic nitrogens is 3. The summed E-state index contributed by atoms with van der Waals surface area (Å²) < 4.78 is 4.71. The highest BCUT2D eigenvalue weighted by Gasteiger charge is 2.19. The molecule has 8 rings (SSSR count). The fourth-order valence-electron chi connectivity index (χ4n) is 5.93. The van der Waals surface area contributed by atoms with Gasteiger partial charge in [-0.2, -0.15) is 0 Å². The quantitative estimate of drug-likeness (QED) is 0.245. The van der Waals surface area contributed by atoms with Gasteiger partial charge in [0.05, 0.1) is 33.4 Å². The van der Waals surface area contributed by atoms with Crippen LogP contribution in [0.25, 0.3) is 66.4 Å². The van der Waals surface area contributed by atoms with Crippen molar-refractivity contribution in [2.45, 2.75) is 0 Å². The summed E-state index contributed by atoms with van der Waals surface area (Å²) in [7, 11) is 0. The maximum absolute atomic E-state index is 5.13. The minimum Gasteiger partial charge on any atom is -0.309 e. The Kier molecular flexibility index (Phi) is 4.52. The lowest BCUT2D eigenvalue weighted by molar-refractivity contribution is 1.08. The lowest BCUT2D eigenvalue weighted by Crippen LogP contribution is -1.99. The molecule has 5 aromatic carbocycles. The van der Waals surface area contributed by atoms with Crippen LogP contribution in [-0.2, 0) is 0 Å². The highest BCUT2D eigenvalue weighted by atomic mass is 15.1. The molecule has 38 heavy (non-hydrogen) atoms. The Hall–Kier alpha value is -5.15. The topological polar surface area (TPSA) is 22.8 Å². The van der Waals surface area contributed by atoms with E-state index in [0.29, 0.717) is 0 Å². The van der Waals surface area contributed by atoms with Crippen molar-refractivity contribution in [3.63, 3.8) is 0 Å². The normalized spacial score (nSPS) is 11.7. The molecule has 3 aromatic heterocycles. The van der Waals surface area contributed by atoms with Crippen LogP contribution in [0.5, 0.6) is 0 Å². The lowest BCUT2D eigenvalue weighted by atomic mass is 10.1. The Bertz CT molecular complexity index is 2080. The molecule has 0 saturated heterocycles. The third kappa shape index (κ3) is 2.99. The van der Waals surface area contributed by atoms with Gasteiger partial charge in [0.1, 0.15) is 5.82 Å². The van der Waals surface area contributed by atoms with Gasteiger partial charge in [0, 0.05) is 27.1 Å². The van der Waals surface area contributed by atoms with Crippen molar-refractivity contribution in [3.8, 4) is 22.8 Å². The van der Waals surface area contributed by atoms with Crippen LogP contribution in [0, 0.1) is 0 Å². The molecule has 0 N–H and O–H groups in total. The molecule has 3 heteroatoms. The van der Waals surface area contributed by atoms with Crippen molar-refractivity contribution in [2.24, 2.45) is 0 Å². The minimum atomic E-state index is 0.914. The largest absolute Gasteiger partial charge is 0.309 e. The van der Waals surface area contributed by atoms with Crippen LogP contribution in [0.1, 0.15) is 0 Å². The number of para-hydroxylation sites is 3. The number of pyridine rings is 1. The van der Waals surface area contributed by atoms with Crippen LogP contribution in [-0.4, -0.2) is 14.1 Å². The number of benzene rings is 5. The van der Waals surface area contributed by atoms with Crippen LogP contribution < -0.4 is 0 Å². The van der Waals surface area contributed by atoms with Gasteiger partial charge in [-0.05, 0) is 42.5 Å². The first-order valence-electron chi connectivity index (χ1n) is 12.9. The Morgan fingerprint density at radius 3 is 1.66 bits per heavy atom. The van der Waals surface area contributed by atoms with Gasteiger partial charge < -0.3 is 4.57 Å². The predicted octanol–water partition coefficient (Wildman–Crippen LogP) is 8.94. The van der Waals surface area contributed by atoms with E-state index in [9.17, 15) is 0 Å². The Balaban J connectivity index is 1.48. The third-order valence-electron chi connectivity index (χ3n) is 7.53. The van der Waals surface area contributed by atoms with Crippen molar-refractivity contribution < 1.29 is 0 Å². The Morgan fingerprint density at radius 2 is 0.947 bits per heavy atom. The van der Waals surface area contributed by atoms with Crippen LogP contribution in [0.4, 0.5) is 0 Å².